The average molecular weight is 267 g/mol. The molecule has 19 heavy (non-hydrogen) atoms. The van der Waals surface area contributed by atoms with Crippen molar-refractivity contribution in [2.45, 2.75) is 13.0 Å². The van der Waals surface area contributed by atoms with Gasteiger partial charge in [0, 0.05) is 34.4 Å². The van der Waals surface area contributed by atoms with Crippen LogP contribution in [0, 0.1) is 0 Å². The average Bonchev–Trinajstić information content (AvgIpc) is 2.84. The van der Waals surface area contributed by atoms with Gasteiger partial charge in [0.1, 0.15) is 0 Å². The minimum absolute atomic E-state index is 0.323. The molecule has 2 heterocycles. The van der Waals surface area contributed by atoms with Gasteiger partial charge < -0.3 is 15.0 Å². The number of nitrogens with zero attached hydrogens (tertiary/aromatic N) is 3. The zero-order valence-electron chi connectivity index (χ0n) is 11.2. The Bertz CT molecular complexity index is 697. The molecule has 2 aromatic heterocycles. The molecule has 0 atom stereocenters. The van der Waals surface area contributed by atoms with E-state index in [9.17, 15) is 9.59 Å². The predicted octanol–water partition coefficient (Wildman–Crippen LogP) is -0.498. The molecule has 0 aromatic carbocycles. The van der Waals surface area contributed by atoms with Crippen molar-refractivity contribution in [3.63, 3.8) is 0 Å². The van der Waals surface area contributed by atoms with Gasteiger partial charge in [-0.3, -0.25) is 13.9 Å². The Morgan fingerprint density at radius 2 is 2.16 bits per heavy atom. The second-order valence-electron chi connectivity index (χ2n) is 4.18. The molecule has 0 radical (unpaired) electrons. The molecule has 0 aliphatic heterocycles. The van der Waals surface area contributed by atoms with Crippen molar-refractivity contribution in [1.82, 2.24) is 19.1 Å². The topological polar surface area (TPSA) is 93.9 Å². The minimum atomic E-state index is -0.378. The first-order valence-corrected chi connectivity index (χ1v) is 5.96. The van der Waals surface area contributed by atoms with Gasteiger partial charge in [0.25, 0.3) is 5.56 Å². The van der Waals surface area contributed by atoms with Crippen LogP contribution in [0.15, 0.2) is 9.59 Å². The fourth-order valence-electron chi connectivity index (χ4n) is 1.92. The first kappa shape index (κ1) is 13.3. The fourth-order valence-corrected chi connectivity index (χ4v) is 1.92. The molecule has 0 aliphatic rings. The highest BCUT2D eigenvalue weighted by molar-refractivity contribution is 5.72. The lowest BCUT2D eigenvalue weighted by molar-refractivity contribution is 0.190. The van der Waals surface area contributed by atoms with Crippen molar-refractivity contribution in [2.75, 3.05) is 26.1 Å². The number of imidazole rings is 1. The van der Waals surface area contributed by atoms with Crippen LogP contribution < -0.4 is 16.6 Å². The van der Waals surface area contributed by atoms with E-state index < -0.39 is 0 Å². The summed E-state index contributed by atoms with van der Waals surface area (Å²) in [6.45, 7) is 0.991. The van der Waals surface area contributed by atoms with Gasteiger partial charge in [-0.1, -0.05) is 0 Å². The van der Waals surface area contributed by atoms with Gasteiger partial charge in [0.05, 0.1) is 0 Å². The molecular weight excluding hydrogens is 250 g/mol. The van der Waals surface area contributed by atoms with E-state index in [-0.39, 0.29) is 11.2 Å². The number of hydrogen-bond donors (Lipinski definition) is 2. The molecule has 0 unspecified atom stereocenters. The zero-order chi connectivity index (χ0) is 14.0. The minimum Gasteiger partial charge on any atom is -0.385 e. The molecule has 2 aromatic rings. The van der Waals surface area contributed by atoms with Crippen molar-refractivity contribution in [3.8, 4) is 0 Å². The maximum absolute atomic E-state index is 12.1. The van der Waals surface area contributed by atoms with Gasteiger partial charge in [0.2, 0.25) is 5.95 Å². The summed E-state index contributed by atoms with van der Waals surface area (Å²) in [6, 6.07) is 0. The number of fused-ring (bicyclic) bond motifs is 1. The number of anilines is 1. The molecule has 0 amide bonds. The van der Waals surface area contributed by atoms with E-state index in [4.69, 9.17) is 4.74 Å². The van der Waals surface area contributed by atoms with Crippen molar-refractivity contribution >= 4 is 17.1 Å². The number of H-pyrrole nitrogens is 1. The third kappa shape index (κ3) is 2.26. The van der Waals surface area contributed by atoms with E-state index in [0.29, 0.717) is 36.7 Å². The summed E-state index contributed by atoms with van der Waals surface area (Å²) in [6.07, 6.45) is 0.672. The van der Waals surface area contributed by atoms with Crippen LogP contribution in [-0.2, 0) is 18.3 Å². The van der Waals surface area contributed by atoms with E-state index in [1.54, 1.807) is 14.2 Å². The number of aromatic nitrogens is 4. The van der Waals surface area contributed by atoms with Gasteiger partial charge in [-0.25, -0.2) is 4.79 Å². The molecule has 0 aliphatic carbocycles. The normalized spacial score (nSPS) is 11.1. The molecule has 0 bridgehead atoms. The molecule has 0 spiro atoms. The van der Waals surface area contributed by atoms with E-state index in [1.807, 2.05) is 0 Å². The van der Waals surface area contributed by atoms with E-state index in [0.717, 1.165) is 4.57 Å². The van der Waals surface area contributed by atoms with Crippen LogP contribution in [0.3, 0.4) is 0 Å². The van der Waals surface area contributed by atoms with Crippen LogP contribution in [0.5, 0.6) is 0 Å². The van der Waals surface area contributed by atoms with Crippen LogP contribution in [0.2, 0.25) is 0 Å². The Morgan fingerprint density at radius 1 is 1.42 bits per heavy atom. The highest BCUT2D eigenvalue weighted by atomic mass is 16.5. The monoisotopic (exact) mass is 267 g/mol. The lowest BCUT2D eigenvalue weighted by Gasteiger charge is -2.07. The summed E-state index contributed by atoms with van der Waals surface area (Å²) in [5.74, 6) is 0.457. The second-order valence-corrected chi connectivity index (χ2v) is 4.18. The Kier molecular flexibility index (Phi) is 3.70. The Morgan fingerprint density at radius 3 is 2.79 bits per heavy atom. The van der Waals surface area contributed by atoms with E-state index >= 15 is 0 Å². The highest BCUT2D eigenvalue weighted by Gasteiger charge is 2.14. The number of aromatic amines is 1. The Labute approximate surface area is 109 Å². The van der Waals surface area contributed by atoms with Crippen LogP contribution in [-0.4, -0.2) is 39.9 Å². The second kappa shape index (κ2) is 5.27. The maximum atomic E-state index is 12.1. The van der Waals surface area contributed by atoms with Crippen LogP contribution in [0.1, 0.15) is 6.42 Å². The largest absolute Gasteiger partial charge is 0.385 e. The summed E-state index contributed by atoms with van der Waals surface area (Å²) in [5, 5.41) is 2.82. The van der Waals surface area contributed by atoms with Gasteiger partial charge >= 0.3 is 5.69 Å². The quantitative estimate of drug-likeness (QED) is 0.712. The van der Waals surface area contributed by atoms with Gasteiger partial charge in [-0.05, 0) is 6.42 Å². The van der Waals surface area contributed by atoms with E-state index in [1.165, 1.54) is 11.6 Å². The van der Waals surface area contributed by atoms with Crippen molar-refractivity contribution in [2.24, 2.45) is 7.05 Å². The van der Waals surface area contributed by atoms with Crippen molar-refractivity contribution < 1.29 is 4.74 Å². The first-order valence-electron chi connectivity index (χ1n) is 5.96. The third-order valence-corrected chi connectivity index (χ3v) is 2.94. The smallest absolute Gasteiger partial charge is 0.332 e. The number of ether oxygens (including phenoxy) is 1. The van der Waals surface area contributed by atoms with Crippen LogP contribution in [0.25, 0.3) is 11.2 Å². The van der Waals surface area contributed by atoms with Gasteiger partial charge in [0.15, 0.2) is 11.2 Å². The number of hydrogen-bond acceptors (Lipinski definition) is 5. The molecule has 0 fully saturated rings. The summed E-state index contributed by atoms with van der Waals surface area (Å²) >= 11 is 0. The number of nitrogens with one attached hydrogen (secondary N) is 2. The number of methoxy groups -OCH3 is 1. The molecule has 2 rings (SSSR count). The summed E-state index contributed by atoms with van der Waals surface area (Å²) < 4.78 is 7.53. The molecule has 104 valence electrons. The highest BCUT2D eigenvalue weighted by Crippen LogP contribution is 2.08. The lowest BCUT2D eigenvalue weighted by Crippen LogP contribution is -2.38. The Hall–Kier alpha value is -2.09. The molecule has 2 N–H and O–H groups in total. The van der Waals surface area contributed by atoms with Crippen LogP contribution in [0.4, 0.5) is 5.95 Å². The summed E-state index contributed by atoms with van der Waals surface area (Å²) in [5.41, 5.74) is -0.0582. The first-order chi connectivity index (χ1) is 9.10. The van der Waals surface area contributed by atoms with E-state index in [2.05, 4.69) is 15.3 Å². The molecule has 0 saturated heterocycles. The SMILES string of the molecule is CNc1nc2c([nH]1)c(=O)n(C)c(=O)n2CCCOC. The van der Waals surface area contributed by atoms with Crippen LogP contribution >= 0.6 is 0 Å². The maximum Gasteiger partial charge on any atom is 0.332 e. The molecule has 8 nitrogen and oxygen atoms in total. The standard InChI is InChI=1S/C11H17N5O3/c1-12-10-13-7-8(14-10)16(5-4-6-19-3)11(18)15(2)9(7)17/h4-6H2,1-3H3,(H2,12,13,14). The fraction of sp³-hybridized carbons (Fsp3) is 0.545. The zero-order valence-corrected chi connectivity index (χ0v) is 11.2. The van der Waals surface area contributed by atoms with Gasteiger partial charge in [-0.2, -0.15) is 4.98 Å². The van der Waals surface area contributed by atoms with Crippen molar-refractivity contribution in [3.05, 3.63) is 20.8 Å². The third-order valence-electron chi connectivity index (χ3n) is 2.94. The number of aryl methyl sites for hydroxylation is 1. The predicted molar refractivity (Wildman–Crippen MR) is 71.6 cm³/mol. The molecular formula is C11H17N5O3. The summed E-state index contributed by atoms with van der Waals surface area (Å²) in [4.78, 5) is 31.2. The molecule has 0 saturated carbocycles. The summed E-state index contributed by atoms with van der Waals surface area (Å²) in [7, 11) is 4.75. The molecule has 8 heteroatoms. The lowest BCUT2D eigenvalue weighted by atomic mass is 10.4. The van der Waals surface area contributed by atoms with Gasteiger partial charge in [-0.15, -0.1) is 0 Å². The van der Waals surface area contributed by atoms with Crippen molar-refractivity contribution in [1.29, 1.82) is 0 Å². The number of rotatable bonds is 5. The Balaban J connectivity index is 2.63.